The number of hydrogen-bond donors (Lipinski definition) is 1. The van der Waals surface area contributed by atoms with Gasteiger partial charge in [0.05, 0.1) is 0 Å². The van der Waals surface area contributed by atoms with Crippen molar-refractivity contribution in [3.8, 4) is 0 Å². The van der Waals surface area contributed by atoms with Gasteiger partial charge in [-0.05, 0) is 48.4 Å². The summed E-state index contributed by atoms with van der Waals surface area (Å²) in [5.74, 6) is -0.796. The van der Waals surface area contributed by atoms with Crippen molar-refractivity contribution in [1.29, 1.82) is 0 Å². The van der Waals surface area contributed by atoms with Gasteiger partial charge < -0.3 is 10.2 Å². The third-order valence-electron chi connectivity index (χ3n) is 3.70. The second kappa shape index (κ2) is 5.60. The number of carbonyl (C=O) groups excluding carboxylic acids is 2. The van der Waals surface area contributed by atoms with Crippen molar-refractivity contribution in [3.05, 3.63) is 59.4 Å². The number of carbonyl (C=O) groups is 2. The van der Waals surface area contributed by atoms with E-state index < -0.39 is 5.82 Å². The molecular formula is C17H15FN2O2. The minimum absolute atomic E-state index is 0.00953. The SMILES string of the molecule is CC(=O)N1CCc2cc(NC(=O)c3cccc(F)c3)ccc21. The number of halogens is 1. The van der Waals surface area contributed by atoms with E-state index in [0.29, 0.717) is 12.2 Å². The number of anilines is 2. The van der Waals surface area contributed by atoms with Gasteiger partial charge in [0.1, 0.15) is 5.82 Å². The highest BCUT2D eigenvalue weighted by Crippen LogP contribution is 2.30. The molecule has 0 fully saturated rings. The molecule has 0 spiro atoms. The fraction of sp³-hybridized carbons (Fsp3) is 0.176. The largest absolute Gasteiger partial charge is 0.322 e. The monoisotopic (exact) mass is 298 g/mol. The molecule has 5 heteroatoms. The van der Waals surface area contributed by atoms with E-state index in [0.717, 1.165) is 17.7 Å². The summed E-state index contributed by atoms with van der Waals surface area (Å²) in [6.45, 7) is 2.20. The number of fused-ring (bicyclic) bond motifs is 1. The quantitative estimate of drug-likeness (QED) is 0.926. The van der Waals surface area contributed by atoms with Crippen molar-refractivity contribution in [2.24, 2.45) is 0 Å². The van der Waals surface area contributed by atoms with E-state index in [9.17, 15) is 14.0 Å². The Morgan fingerprint density at radius 1 is 1.18 bits per heavy atom. The van der Waals surface area contributed by atoms with Crippen LogP contribution in [0.25, 0.3) is 0 Å². The van der Waals surface area contributed by atoms with Crippen molar-refractivity contribution >= 4 is 23.2 Å². The molecule has 0 atom stereocenters. The molecule has 0 saturated carbocycles. The van der Waals surface area contributed by atoms with Crippen LogP contribution in [0.3, 0.4) is 0 Å². The number of nitrogens with zero attached hydrogens (tertiary/aromatic N) is 1. The minimum Gasteiger partial charge on any atom is -0.322 e. The van der Waals surface area contributed by atoms with Gasteiger partial charge in [-0.25, -0.2) is 4.39 Å². The second-order valence-electron chi connectivity index (χ2n) is 5.23. The third kappa shape index (κ3) is 2.70. The van der Waals surface area contributed by atoms with Crippen LogP contribution in [-0.4, -0.2) is 18.4 Å². The molecule has 22 heavy (non-hydrogen) atoms. The average Bonchev–Trinajstić information content (AvgIpc) is 2.90. The highest BCUT2D eigenvalue weighted by atomic mass is 19.1. The van der Waals surface area contributed by atoms with E-state index in [1.807, 2.05) is 12.1 Å². The first-order chi connectivity index (χ1) is 10.5. The van der Waals surface area contributed by atoms with E-state index in [1.165, 1.54) is 25.1 Å². The van der Waals surface area contributed by atoms with Crippen LogP contribution >= 0.6 is 0 Å². The fourth-order valence-corrected chi connectivity index (χ4v) is 2.64. The molecule has 2 aromatic carbocycles. The number of rotatable bonds is 2. The lowest BCUT2D eigenvalue weighted by atomic mass is 10.1. The molecule has 1 aliphatic rings. The Kier molecular flexibility index (Phi) is 3.63. The average molecular weight is 298 g/mol. The summed E-state index contributed by atoms with van der Waals surface area (Å²) in [5.41, 5.74) is 2.81. The second-order valence-corrected chi connectivity index (χ2v) is 5.23. The summed E-state index contributed by atoms with van der Waals surface area (Å²) >= 11 is 0. The number of benzene rings is 2. The van der Waals surface area contributed by atoms with Crippen LogP contribution in [0.15, 0.2) is 42.5 Å². The Bertz CT molecular complexity index is 758. The Morgan fingerprint density at radius 2 is 2.00 bits per heavy atom. The zero-order valence-electron chi connectivity index (χ0n) is 12.1. The van der Waals surface area contributed by atoms with Gasteiger partial charge in [0, 0.05) is 30.4 Å². The summed E-state index contributed by atoms with van der Waals surface area (Å²) in [5, 5.41) is 2.75. The number of nitrogens with one attached hydrogen (secondary N) is 1. The Balaban J connectivity index is 1.80. The van der Waals surface area contributed by atoms with Gasteiger partial charge in [-0.2, -0.15) is 0 Å². The summed E-state index contributed by atoms with van der Waals surface area (Å²) in [4.78, 5) is 25.3. The fourth-order valence-electron chi connectivity index (χ4n) is 2.64. The molecule has 0 unspecified atom stereocenters. The predicted octanol–water partition coefficient (Wildman–Crippen LogP) is 2.99. The lowest BCUT2D eigenvalue weighted by molar-refractivity contribution is -0.116. The molecule has 0 radical (unpaired) electrons. The third-order valence-corrected chi connectivity index (χ3v) is 3.70. The first-order valence-electron chi connectivity index (χ1n) is 7.02. The van der Waals surface area contributed by atoms with Crippen LogP contribution in [0.1, 0.15) is 22.8 Å². The molecule has 4 nitrogen and oxygen atoms in total. The van der Waals surface area contributed by atoms with E-state index in [-0.39, 0.29) is 17.4 Å². The van der Waals surface area contributed by atoms with Gasteiger partial charge >= 0.3 is 0 Å². The molecule has 0 saturated heterocycles. The molecule has 112 valence electrons. The van der Waals surface area contributed by atoms with Crippen LogP contribution in [0.2, 0.25) is 0 Å². The van der Waals surface area contributed by atoms with Crippen LogP contribution in [0.4, 0.5) is 15.8 Å². The van der Waals surface area contributed by atoms with Crippen LogP contribution < -0.4 is 10.2 Å². The van der Waals surface area contributed by atoms with E-state index in [1.54, 1.807) is 17.0 Å². The molecule has 2 amide bonds. The minimum atomic E-state index is -0.446. The Labute approximate surface area is 127 Å². The van der Waals surface area contributed by atoms with Crippen molar-refractivity contribution < 1.29 is 14.0 Å². The molecule has 0 aromatic heterocycles. The number of amides is 2. The Hall–Kier alpha value is -2.69. The van der Waals surface area contributed by atoms with Crippen LogP contribution in [0, 0.1) is 5.82 Å². The summed E-state index contributed by atoms with van der Waals surface area (Å²) in [6.07, 6.45) is 0.762. The zero-order valence-corrected chi connectivity index (χ0v) is 12.1. The van der Waals surface area contributed by atoms with Crippen molar-refractivity contribution in [2.45, 2.75) is 13.3 Å². The van der Waals surface area contributed by atoms with Gasteiger partial charge in [-0.1, -0.05) is 6.07 Å². The normalized spacial score (nSPS) is 12.9. The van der Waals surface area contributed by atoms with Gasteiger partial charge in [0.15, 0.2) is 0 Å². The molecule has 0 bridgehead atoms. The topological polar surface area (TPSA) is 49.4 Å². The molecule has 3 rings (SSSR count). The van der Waals surface area contributed by atoms with Crippen molar-refractivity contribution in [1.82, 2.24) is 0 Å². The van der Waals surface area contributed by atoms with Crippen molar-refractivity contribution in [3.63, 3.8) is 0 Å². The van der Waals surface area contributed by atoms with Gasteiger partial charge in [-0.15, -0.1) is 0 Å². The first-order valence-corrected chi connectivity index (χ1v) is 7.02. The molecule has 1 N–H and O–H groups in total. The maximum Gasteiger partial charge on any atom is 0.255 e. The summed E-state index contributed by atoms with van der Waals surface area (Å²) in [7, 11) is 0. The lowest BCUT2D eigenvalue weighted by Gasteiger charge is -2.15. The number of hydrogen-bond acceptors (Lipinski definition) is 2. The highest BCUT2D eigenvalue weighted by Gasteiger charge is 2.22. The lowest BCUT2D eigenvalue weighted by Crippen LogP contribution is -2.25. The molecular weight excluding hydrogens is 283 g/mol. The highest BCUT2D eigenvalue weighted by molar-refractivity contribution is 6.04. The molecule has 1 heterocycles. The van der Waals surface area contributed by atoms with E-state index in [2.05, 4.69) is 5.32 Å². The first kappa shape index (κ1) is 14.3. The maximum atomic E-state index is 13.1. The zero-order chi connectivity index (χ0) is 15.7. The van der Waals surface area contributed by atoms with Crippen LogP contribution in [0.5, 0.6) is 0 Å². The summed E-state index contributed by atoms with van der Waals surface area (Å²) in [6, 6.07) is 11.0. The van der Waals surface area contributed by atoms with Gasteiger partial charge in [0.25, 0.3) is 5.91 Å². The standard InChI is InChI=1S/C17H15FN2O2/c1-11(21)20-8-7-12-10-15(5-6-16(12)20)19-17(22)13-3-2-4-14(18)9-13/h2-6,9-10H,7-8H2,1H3,(H,19,22). The van der Waals surface area contributed by atoms with E-state index >= 15 is 0 Å². The van der Waals surface area contributed by atoms with Crippen LogP contribution in [-0.2, 0) is 11.2 Å². The summed E-state index contributed by atoms with van der Waals surface area (Å²) < 4.78 is 13.1. The maximum absolute atomic E-state index is 13.1. The molecule has 2 aromatic rings. The Morgan fingerprint density at radius 3 is 2.73 bits per heavy atom. The van der Waals surface area contributed by atoms with E-state index in [4.69, 9.17) is 0 Å². The van der Waals surface area contributed by atoms with Gasteiger partial charge in [-0.3, -0.25) is 9.59 Å². The molecule has 0 aliphatic carbocycles. The van der Waals surface area contributed by atoms with Gasteiger partial charge in [0.2, 0.25) is 5.91 Å². The predicted molar refractivity (Wildman–Crippen MR) is 82.5 cm³/mol. The molecule has 1 aliphatic heterocycles. The van der Waals surface area contributed by atoms with Crippen molar-refractivity contribution in [2.75, 3.05) is 16.8 Å². The smallest absolute Gasteiger partial charge is 0.255 e.